The van der Waals surface area contributed by atoms with Gasteiger partial charge in [-0.3, -0.25) is 4.79 Å². The van der Waals surface area contributed by atoms with Gasteiger partial charge in [0.15, 0.2) is 0 Å². The average Bonchev–Trinajstić information content (AvgIpc) is 2.46. The number of phenols is 1. The van der Waals surface area contributed by atoms with Crippen LogP contribution in [0.5, 0.6) is 5.75 Å². The molecule has 0 radical (unpaired) electrons. The Balaban J connectivity index is 2.28. The van der Waals surface area contributed by atoms with Crippen molar-refractivity contribution in [3.8, 4) is 5.75 Å². The van der Waals surface area contributed by atoms with Gasteiger partial charge in [0.25, 0.3) is 0 Å². The number of aryl methyl sites for hydroxylation is 1. The van der Waals surface area contributed by atoms with Gasteiger partial charge < -0.3 is 14.3 Å². The van der Waals surface area contributed by atoms with Gasteiger partial charge in [0.1, 0.15) is 11.3 Å². The van der Waals surface area contributed by atoms with Crippen LogP contribution in [0.3, 0.4) is 0 Å². The summed E-state index contributed by atoms with van der Waals surface area (Å²) in [5.74, 6) is 0.574. The maximum atomic E-state index is 11.6. The van der Waals surface area contributed by atoms with E-state index < -0.39 is 5.63 Å². The van der Waals surface area contributed by atoms with Crippen LogP contribution >= 0.6 is 11.8 Å². The molecule has 0 spiro atoms. The Morgan fingerprint density at radius 1 is 1.27 bits per heavy atom. The highest BCUT2D eigenvalue weighted by Crippen LogP contribution is 2.28. The molecule has 0 fully saturated rings. The second-order valence-corrected chi connectivity index (χ2v) is 5.70. The normalized spacial score (nSPS) is 10.8. The van der Waals surface area contributed by atoms with Gasteiger partial charge in [-0.15, -0.1) is 11.8 Å². The summed E-state index contributed by atoms with van der Waals surface area (Å²) in [6.45, 7) is 4.06. The first-order valence-electron chi connectivity index (χ1n) is 7.07. The summed E-state index contributed by atoms with van der Waals surface area (Å²) in [6, 6.07) is 4.72. The molecule has 22 heavy (non-hydrogen) atoms. The van der Waals surface area contributed by atoms with Crippen LogP contribution in [0, 0.1) is 0 Å². The number of ether oxygens (including phenoxy) is 1. The Morgan fingerprint density at radius 3 is 2.73 bits per heavy atom. The van der Waals surface area contributed by atoms with Crippen molar-refractivity contribution in [1.29, 1.82) is 0 Å². The third-order valence-corrected chi connectivity index (χ3v) is 4.15. The number of thioether (sulfide) groups is 1. The standard InChI is InChI=1S/C16H18O5S/c1-3-10-5-12-11(8-22-9-16(19)20-4-2)6-15(18)21-14(12)7-13(10)17/h5-7,17H,3-4,8-9H2,1-2H3. The minimum atomic E-state index is -0.470. The average molecular weight is 322 g/mol. The van der Waals surface area contributed by atoms with E-state index in [9.17, 15) is 14.7 Å². The van der Waals surface area contributed by atoms with Gasteiger partial charge in [-0.25, -0.2) is 4.79 Å². The van der Waals surface area contributed by atoms with Gasteiger partial charge in [0, 0.05) is 23.3 Å². The Hall–Kier alpha value is -1.95. The first-order chi connectivity index (χ1) is 10.5. The van der Waals surface area contributed by atoms with Crippen LogP contribution in [0.25, 0.3) is 11.0 Å². The van der Waals surface area contributed by atoms with E-state index in [1.165, 1.54) is 23.9 Å². The van der Waals surface area contributed by atoms with Crippen molar-refractivity contribution in [3.63, 3.8) is 0 Å². The highest BCUT2D eigenvalue weighted by molar-refractivity contribution is 7.99. The van der Waals surface area contributed by atoms with Gasteiger partial charge in [-0.05, 0) is 30.5 Å². The van der Waals surface area contributed by atoms with Crippen molar-refractivity contribution in [2.75, 3.05) is 12.4 Å². The van der Waals surface area contributed by atoms with E-state index in [2.05, 4.69) is 0 Å². The molecule has 6 heteroatoms. The predicted molar refractivity (Wildman–Crippen MR) is 86.3 cm³/mol. The van der Waals surface area contributed by atoms with Crippen molar-refractivity contribution in [2.45, 2.75) is 26.0 Å². The number of phenolic OH excluding ortho intramolecular Hbond substituents is 1. The van der Waals surface area contributed by atoms with Crippen molar-refractivity contribution >= 4 is 28.7 Å². The van der Waals surface area contributed by atoms with Gasteiger partial charge in [0.05, 0.1) is 12.4 Å². The number of carbonyl (C=O) groups excluding carboxylic acids is 1. The maximum absolute atomic E-state index is 11.6. The largest absolute Gasteiger partial charge is 0.508 e. The molecule has 0 amide bonds. The molecule has 2 aromatic rings. The zero-order chi connectivity index (χ0) is 16.1. The lowest BCUT2D eigenvalue weighted by atomic mass is 10.1. The molecule has 0 aliphatic rings. The van der Waals surface area contributed by atoms with Crippen LogP contribution in [0.4, 0.5) is 0 Å². The summed E-state index contributed by atoms with van der Waals surface area (Å²) in [4.78, 5) is 23.0. The predicted octanol–water partition coefficient (Wildman–Crippen LogP) is 2.86. The summed E-state index contributed by atoms with van der Waals surface area (Å²) >= 11 is 1.38. The third-order valence-electron chi connectivity index (χ3n) is 3.19. The Bertz CT molecular complexity index is 735. The topological polar surface area (TPSA) is 76.7 Å². The molecule has 0 saturated heterocycles. The number of hydrogen-bond acceptors (Lipinski definition) is 6. The number of fused-ring (bicyclic) bond motifs is 1. The maximum Gasteiger partial charge on any atom is 0.336 e. The smallest absolute Gasteiger partial charge is 0.336 e. The number of rotatable bonds is 6. The van der Waals surface area contributed by atoms with Crippen LogP contribution in [0.15, 0.2) is 27.4 Å². The van der Waals surface area contributed by atoms with Crippen molar-refractivity contribution in [3.05, 3.63) is 39.7 Å². The second-order valence-electron chi connectivity index (χ2n) is 4.72. The lowest BCUT2D eigenvalue weighted by molar-refractivity contribution is -0.139. The first-order valence-corrected chi connectivity index (χ1v) is 8.22. The summed E-state index contributed by atoms with van der Waals surface area (Å²) in [5, 5.41) is 10.7. The lowest BCUT2D eigenvalue weighted by Gasteiger charge is -2.08. The molecule has 118 valence electrons. The van der Waals surface area contributed by atoms with Gasteiger partial charge in [0.2, 0.25) is 0 Å². The highest BCUT2D eigenvalue weighted by atomic mass is 32.2. The van der Waals surface area contributed by atoms with Crippen LogP contribution in [-0.2, 0) is 21.7 Å². The number of esters is 1. The zero-order valence-electron chi connectivity index (χ0n) is 12.5. The quantitative estimate of drug-likeness (QED) is 0.651. The van der Waals surface area contributed by atoms with Crippen molar-refractivity contribution in [2.24, 2.45) is 0 Å². The van der Waals surface area contributed by atoms with Gasteiger partial charge in [-0.1, -0.05) is 6.92 Å². The van der Waals surface area contributed by atoms with E-state index in [1.54, 1.807) is 6.92 Å². The van der Waals surface area contributed by atoms with E-state index in [-0.39, 0.29) is 17.5 Å². The number of hydrogen-bond donors (Lipinski definition) is 1. The molecule has 0 bridgehead atoms. The SMILES string of the molecule is CCOC(=O)CSCc1cc(=O)oc2cc(O)c(CC)cc12. The Morgan fingerprint density at radius 2 is 2.05 bits per heavy atom. The Kier molecular flexibility index (Phi) is 5.49. The highest BCUT2D eigenvalue weighted by Gasteiger charge is 2.11. The van der Waals surface area contributed by atoms with E-state index in [0.717, 1.165) is 16.5 Å². The van der Waals surface area contributed by atoms with Crippen LogP contribution in [-0.4, -0.2) is 23.4 Å². The molecule has 5 nitrogen and oxygen atoms in total. The minimum Gasteiger partial charge on any atom is -0.508 e. The molecule has 0 aliphatic heterocycles. The summed E-state index contributed by atoms with van der Waals surface area (Å²) < 4.78 is 10.0. The van der Waals surface area contributed by atoms with E-state index >= 15 is 0 Å². The summed E-state index contributed by atoms with van der Waals surface area (Å²) in [5.41, 5.74) is 1.46. The van der Waals surface area contributed by atoms with E-state index in [1.807, 2.05) is 13.0 Å². The molecular formula is C16H18O5S. The fraction of sp³-hybridized carbons (Fsp3) is 0.375. The molecule has 0 saturated carbocycles. The number of aromatic hydroxyl groups is 1. The van der Waals surface area contributed by atoms with Gasteiger partial charge >= 0.3 is 11.6 Å². The molecule has 1 N–H and O–H groups in total. The molecule has 0 atom stereocenters. The third kappa shape index (κ3) is 3.82. The second kappa shape index (κ2) is 7.35. The van der Waals surface area contributed by atoms with Crippen molar-refractivity contribution < 1.29 is 19.1 Å². The first kappa shape index (κ1) is 16.4. The van der Waals surface area contributed by atoms with E-state index in [4.69, 9.17) is 9.15 Å². The molecule has 0 aliphatic carbocycles. The van der Waals surface area contributed by atoms with Crippen LogP contribution in [0.1, 0.15) is 25.0 Å². The van der Waals surface area contributed by atoms with E-state index in [0.29, 0.717) is 24.4 Å². The summed E-state index contributed by atoms with van der Waals surface area (Å²) in [6.07, 6.45) is 0.677. The molecule has 1 aromatic heterocycles. The fourth-order valence-electron chi connectivity index (χ4n) is 2.16. The van der Waals surface area contributed by atoms with Crippen LogP contribution < -0.4 is 5.63 Å². The van der Waals surface area contributed by atoms with Gasteiger partial charge in [-0.2, -0.15) is 0 Å². The molecule has 2 rings (SSSR count). The molecular weight excluding hydrogens is 304 g/mol. The lowest BCUT2D eigenvalue weighted by Crippen LogP contribution is -2.07. The number of carbonyl (C=O) groups is 1. The molecule has 0 unspecified atom stereocenters. The zero-order valence-corrected chi connectivity index (χ0v) is 13.4. The molecule has 1 aromatic carbocycles. The summed E-state index contributed by atoms with van der Waals surface area (Å²) in [7, 11) is 0. The minimum absolute atomic E-state index is 0.120. The van der Waals surface area contributed by atoms with Crippen molar-refractivity contribution in [1.82, 2.24) is 0 Å². The fourth-order valence-corrected chi connectivity index (χ4v) is 2.97. The monoisotopic (exact) mass is 322 g/mol. The Labute approximate surface area is 132 Å². The number of benzene rings is 1. The molecule has 1 heterocycles. The van der Waals surface area contributed by atoms with Crippen LogP contribution in [0.2, 0.25) is 0 Å².